The molecule has 2 heterocycles. The molecule has 2 aliphatic carbocycles. The Hall–Kier alpha value is -2.25. The summed E-state index contributed by atoms with van der Waals surface area (Å²) in [5.41, 5.74) is 4.54. The van der Waals surface area contributed by atoms with Crippen molar-refractivity contribution in [3.05, 3.63) is 48.0 Å². The van der Waals surface area contributed by atoms with Crippen LogP contribution in [0.4, 0.5) is 5.82 Å². The van der Waals surface area contributed by atoms with Gasteiger partial charge in [-0.25, -0.2) is 15.0 Å². The summed E-state index contributed by atoms with van der Waals surface area (Å²) in [6.45, 7) is 12.3. The Labute approximate surface area is 185 Å². The van der Waals surface area contributed by atoms with Crippen LogP contribution in [0.15, 0.2) is 36.9 Å². The molecule has 1 saturated carbocycles. The molecular formula is C24H33N5OSi. The lowest BCUT2D eigenvalue weighted by Crippen LogP contribution is -2.41. The van der Waals surface area contributed by atoms with Gasteiger partial charge in [0.05, 0.1) is 12.4 Å². The Morgan fingerprint density at radius 3 is 2.55 bits per heavy atom. The maximum Gasteiger partial charge on any atom is 0.192 e. The van der Waals surface area contributed by atoms with E-state index in [1.54, 1.807) is 6.33 Å². The largest absolute Gasteiger partial charge is 0.416 e. The van der Waals surface area contributed by atoms with E-state index >= 15 is 0 Å². The Morgan fingerprint density at radius 2 is 1.84 bits per heavy atom. The van der Waals surface area contributed by atoms with Crippen molar-refractivity contribution in [1.82, 2.24) is 19.5 Å². The maximum absolute atomic E-state index is 6.64. The van der Waals surface area contributed by atoms with Gasteiger partial charge in [-0.05, 0) is 48.5 Å². The van der Waals surface area contributed by atoms with Crippen molar-refractivity contribution in [3.63, 3.8) is 0 Å². The first kappa shape index (κ1) is 20.6. The van der Waals surface area contributed by atoms with Gasteiger partial charge in [0.25, 0.3) is 0 Å². The van der Waals surface area contributed by atoms with Gasteiger partial charge in [-0.1, -0.05) is 45.0 Å². The van der Waals surface area contributed by atoms with E-state index in [0.717, 1.165) is 30.0 Å². The van der Waals surface area contributed by atoms with Crippen LogP contribution in [0.5, 0.6) is 0 Å². The van der Waals surface area contributed by atoms with E-state index in [2.05, 4.69) is 78.0 Å². The lowest BCUT2D eigenvalue weighted by Gasteiger charge is -2.37. The molecule has 0 bridgehead atoms. The van der Waals surface area contributed by atoms with Gasteiger partial charge in [0.1, 0.15) is 11.8 Å². The van der Waals surface area contributed by atoms with Gasteiger partial charge < -0.3 is 14.3 Å². The number of hydrogen-bond acceptors (Lipinski definition) is 5. The lowest BCUT2D eigenvalue weighted by atomic mass is 10.0. The third-order valence-electron chi connectivity index (χ3n) is 7.37. The maximum atomic E-state index is 6.64. The lowest BCUT2D eigenvalue weighted by molar-refractivity contribution is 0.257. The molecule has 1 aromatic carbocycles. The van der Waals surface area contributed by atoms with Crippen LogP contribution < -0.4 is 5.32 Å². The summed E-state index contributed by atoms with van der Waals surface area (Å²) in [4.78, 5) is 13.8. The summed E-state index contributed by atoms with van der Waals surface area (Å²) in [5.74, 6) is 1.24. The number of rotatable bonds is 6. The van der Waals surface area contributed by atoms with E-state index in [0.29, 0.717) is 12.0 Å². The quantitative estimate of drug-likeness (QED) is 0.518. The smallest absolute Gasteiger partial charge is 0.192 e. The Bertz CT molecular complexity index is 1100. The van der Waals surface area contributed by atoms with Crippen LogP contribution in [0.2, 0.25) is 18.1 Å². The summed E-state index contributed by atoms with van der Waals surface area (Å²) >= 11 is 0. The molecule has 1 fully saturated rings. The number of fused-ring (bicyclic) bond motifs is 2. The number of nitrogens with one attached hydrogen (secondary N) is 1. The fourth-order valence-corrected chi connectivity index (χ4v) is 5.31. The zero-order valence-corrected chi connectivity index (χ0v) is 20.2. The van der Waals surface area contributed by atoms with E-state index in [1.165, 1.54) is 24.0 Å². The summed E-state index contributed by atoms with van der Waals surface area (Å²) in [6, 6.07) is 9.56. The van der Waals surface area contributed by atoms with Gasteiger partial charge in [-0.15, -0.1) is 0 Å². The van der Waals surface area contributed by atoms with Crippen molar-refractivity contribution in [2.75, 3.05) is 11.9 Å². The van der Waals surface area contributed by atoms with E-state index < -0.39 is 8.32 Å². The fraction of sp³-hybridized carbons (Fsp3) is 0.542. The molecule has 0 unspecified atom stereocenters. The number of imidazole rings is 1. The van der Waals surface area contributed by atoms with Crippen LogP contribution in [0.3, 0.4) is 0 Å². The number of nitrogens with zero attached hydrogens (tertiary/aromatic N) is 4. The molecule has 0 radical (unpaired) electrons. The first-order chi connectivity index (χ1) is 14.7. The molecule has 0 amide bonds. The van der Waals surface area contributed by atoms with Gasteiger partial charge in [-0.2, -0.15) is 0 Å². The summed E-state index contributed by atoms with van der Waals surface area (Å²) in [6.07, 6.45) is 7.02. The van der Waals surface area contributed by atoms with Crippen molar-refractivity contribution >= 4 is 25.3 Å². The van der Waals surface area contributed by atoms with Gasteiger partial charge in [0, 0.05) is 18.6 Å². The first-order valence-corrected chi connectivity index (χ1v) is 14.3. The molecule has 2 aliphatic rings. The topological polar surface area (TPSA) is 64.9 Å². The highest BCUT2D eigenvalue weighted by Gasteiger charge is 2.40. The van der Waals surface area contributed by atoms with Crippen molar-refractivity contribution < 1.29 is 4.43 Å². The molecule has 31 heavy (non-hydrogen) atoms. The Morgan fingerprint density at radius 1 is 1.10 bits per heavy atom. The summed E-state index contributed by atoms with van der Waals surface area (Å²) < 4.78 is 8.87. The van der Waals surface area contributed by atoms with Crippen LogP contribution in [-0.2, 0) is 4.43 Å². The minimum Gasteiger partial charge on any atom is -0.416 e. The number of anilines is 1. The number of benzene rings is 1. The number of aromatic nitrogens is 4. The van der Waals surface area contributed by atoms with Crippen LogP contribution in [0, 0.1) is 0 Å². The first-order valence-electron chi connectivity index (χ1n) is 11.4. The third-order valence-corrected chi connectivity index (χ3v) is 11.9. The third kappa shape index (κ3) is 3.78. The number of hydrogen-bond donors (Lipinski definition) is 1. The van der Waals surface area contributed by atoms with E-state index in [1.807, 2.05) is 6.33 Å². The predicted molar refractivity (Wildman–Crippen MR) is 127 cm³/mol. The second kappa shape index (κ2) is 7.41. The second-order valence-electron chi connectivity index (χ2n) is 10.6. The Kier molecular flexibility index (Phi) is 4.94. The van der Waals surface area contributed by atoms with Crippen LogP contribution in [0.1, 0.15) is 63.1 Å². The van der Waals surface area contributed by atoms with E-state index in [4.69, 9.17) is 9.41 Å². The zero-order valence-electron chi connectivity index (χ0n) is 19.2. The van der Waals surface area contributed by atoms with Gasteiger partial charge in [-0.3, -0.25) is 0 Å². The molecule has 7 heteroatoms. The van der Waals surface area contributed by atoms with E-state index in [-0.39, 0.29) is 11.1 Å². The monoisotopic (exact) mass is 435 g/mol. The molecule has 2 aromatic heterocycles. The Balaban J connectivity index is 1.44. The fourth-order valence-electron chi connectivity index (χ4n) is 4.26. The molecule has 164 valence electrons. The highest BCUT2D eigenvalue weighted by atomic mass is 28.4. The zero-order chi connectivity index (χ0) is 21.8. The molecule has 3 aromatic rings. The molecule has 5 rings (SSSR count). The predicted octanol–water partition coefficient (Wildman–Crippen LogP) is 5.50. The molecule has 0 spiro atoms. The highest BCUT2D eigenvalue weighted by Crippen LogP contribution is 2.45. The molecule has 0 saturated heterocycles. The minimum atomic E-state index is -1.79. The van der Waals surface area contributed by atoms with Gasteiger partial charge in [0.15, 0.2) is 19.8 Å². The second-order valence-corrected chi connectivity index (χ2v) is 15.4. The van der Waals surface area contributed by atoms with Crippen molar-refractivity contribution in [3.8, 4) is 0 Å². The molecule has 2 atom stereocenters. The van der Waals surface area contributed by atoms with Crippen LogP contribution in [0.25, 0.3) is 11.2 Å². The highest BCUT2D eigenvalue weighted by molar-refractivity contribution is 6.74. The van der Waals surface area contributed by atoms with Crippen molar-refractivity contribution in [2.24, 2.45) is 0 Å². The van der Waals surface area contributed by atoms with Crippen molar-refractivity contribution in [1.29, 1.82) is 0 Å². The van der Waals surface area contributed by atoms with Crippen LogP contribution in [-0.4, -0.2) is 40.5 Å². The average molecular weight is 436 g/mol. The molecule has 1 N–H and O–H groups in total. The standard InChI is InChI=1S/C24H33N5OSi/c1-24(2,3)31(4,5)30-13-16-12-20(19-9-7-6-8-18(16)19)29-15-27-21-22(28-17-10-11-17)25-14-26-23(21)29/h6-9,14-17,20H,10-13H2,1-5H3,(H,25,26,28)/t16-,20-/m0/s1. The SMILES string of the molecule is CC(C)(C)[Si](C)(C)OC[C@@H]1C[C@H](n2cnc3c(NC4CC4)ncnc32)c2ccccc21. The van der Waals surface area contributed by atoms with E-state index in [9.17, 15) is 0 Å². The normalized spacial score (nSPS) is 21.5. The van der Waals surface area contributed by atoms with Crippen molar-refractivity contribution in [2.45, 2.75) is 76.2 Å². The summed E-state index contributed by atoms with van der Waals surface area (Å²) in [5, 5.41) is 3.71. The molecule has 0 aliphatic heterocycles. The van der Waals surface area contributed by atoms with Gasteiger partial charge >= 0.3 is 0 Å². The average Bonchev–Trinajstić information content (AvgIpc) is 3.31. The summed E-state index contributed by atoms with van der Waals surface area (Å²) in [7, 11) is -1.79. The molecular weight excluding hydrogens is 402 g/mol. The molecule has 6 nitrogen and oxygen atoms in total. The van der Waals surface area contributed by atoms with Gasteiger partial charge in [0.2, 0.25) is 0 Å². The van der Waals surface area contributed by atoms with Crippen LogP contribution >= 0.6 is 0 Å². The minimum absolute atomic E-state index is 0.215.